The van der Waals surface area contributed by atoms with E-state index in [1.54, 1.807) is 31.2 Å². The lowest BCUT2D eigenvalue weighted by Crippen LogP contribution is -2.31. The molecule has 1 aliphatic rings. The fourth-order valence-corrected chi connectivity index (χ4v) is 5.19. The van der Waals surface area contributed by atoms with Crippen LogP contribution in [0.5, 0.6) is 0 Å². The zero-order chi connectivity index (χ0) is 19.9. The van der Waals surface area contributed by atoms with Gasteiger partial charge in [-0.2, -0.15) is 0 Å². The lowest BCUT2D eigenvalue weighted by atomic mass is 9.85. The summed E-state index contributed by atoms with van der Waals surface area (Å²) in [6.45, 7) is 3.69. The van der Waals surface area contributed by atoms with E-state index in [1.807, 2.05) is 55.5 Å². The summed E-state index contributed by atoms with van der Waals surface area (Å²) in [6, 6.07) is 21.5. The summed E-state index contributed by atoms with van der Waals surface area (Å²) in [5, 5.41) is 11.3. The van der Waals surface area contributed by atoms with Gasteiger partial charge in [-0.1, -0.05) is 66.2 Å². The second kappa shape index (κ2) is 6.85. The molecule has 1 aliphatic carbocycles. The molecule has 4 nitrogen and oxygen atoms in total. The van der Waals surface area contributed by atoms with Crippen molar-refractivity contribution < 1.29 is 13.5 Å². The van der Waals surface area contributed by atoms with Crippen LogP contribution in [0.25, 0.3) is 0 Å². The van der Waals surface area contributed by atoms with E-state index in [1.165, 1.54) is 0 Å². The number of sulfonamides is 1. The highest BCUT2D eigenvalue weighted by atomic mass is 32.2. The molecule has 5 heteroatoms. The van der Waals surface area contributed by atoms with Gasteiger partial charge in [-0.05, 0) is 54.7 Å². The number of hydrogen-bond acceptors (Lipinski definition) is 3. The van der Waals surface area contributed by atoms with Gasteiger partial charge in [0.15, 0.2) is 0 Å². The van der Waals surface area contributed by atoms with E-state index in [2.05, 4.69) is 4.72 Å². The van der Waals surface area contributed by atoms with Gasteiger partial charge >= 0.3 is 0 Å². The summed E-state index contributed by atoms with van der Waals surface area (Å²) in [6.07, 6.45) is 0.467. The Balaban J connectivity index is 1.82. The SMILES string of the molecule is Cc1ccc(S(=O)(=O)NC2Cc3ccccc3C(C)(O)c3ccccc32)cc1. The van der Waals surface area contributed by atoms with Gasteiger partial charge < -0.3 is 5.11 Å². The van der Waals surface area contributed by atoms with E-state index in [9.17, 15) is 13.5 Å². The minimum absolute atomic E-state index is 0.236. The van der Waals surface area contributed by atoms with Crippen molar-refractivity contribution in [3.8, 4) is 0 Å². The second-order valence-electron chi connectivity index (χ2n) is 7.51. The van der Waals surface area contributed by atoms with Crippen molar-refractivity contribution in [2.75, 3.05) is 0 Å². The van der Waals surface area contributed by atoms with E-state index >= 15 is 0 Å². The van der Waals surface area contributed by atoms with Crippen molar-refractivity contribution in [1.82, 2.24) is 4.72 Å². The molecule has 144 valence electrons. The highest BCUT2D eigenvalue weighted by Crippen LogP contribution is 2.41. The Morgan fingerprint density at radius 2 is 1.54 bits per heavy atom. The van der Waals surface area contributed by atoms with Gasteiger partial charge in [0.25, 0.3) is 0 Å². The van der Waals surface area contributed by atoms with Crippen molar-refractivity contribution in [2.24, 2.45) is 0 Å². The number of rotatable bonds is 3. The summed E-state index contributed by atoms with van der Waals surface area (Å²) in [4.78, 5) is 0.236. The molecule has 0 saturated heterocycles. The molecule has 0 saturated carbocycles. The Labute approximate surface area is 165 Å². The molecular weight excluding hydrogens is 370 g/mol. The summed E-state index contributed by atoms with van der Waals surface area (Å²) in [5.41, 5.74) is 3.05. The van der Waals surface area contributed by atoms with Crippen LogP contribution in [0.3, 0.4) is 0 Å². The highest BCUT2D eigenvalue weighted by Gasteiger charge is 2.37. The van der Waals surface area contributed by atoms with Crippen LogP contribution in [0, 0.1) is 6.92 Å². The maximum Gasteiger partial charge on any atom is 0.241 e. The molecule has 0 aliphatic heterocycles. The maximum absolute atomic E-state index is 13.0. The number of hydrogen-bond donors (Lipinski definition) is 2. The number of nitrogens with one attached hydrogen (secondary N) is 1. The topological polar surface area (TPSA) is 66.4 Å². The number of aryl methyl sites for hydroxylation is 1. The first-order chi connectivity index (χ1) is 13.3. The highest BCUT2D eigenvalue weighted by molar-refractivity contribution is 7.89. The molecule has 4 rings (SSSR count). The Kier molecular flexibility index (Phi) is 4.62. The predicted octanol–water partition coefficient (Wildman–Crippen LogP) is 3.83. The van der Waals surface area contributed by atoms with Crippen LogP contribution in [-0.4, -0.2) is 13.5 Å². The van der Waals surface area contributed by atoms with Crippen LogP contribution in [-0.2, 0) is 22.0 Å². The third kappa shape index (κ3) is 3.26. The number of fused-ring (bicyclic) bond motifs is 2. The van der Waals surface area contributed by atoms with E-state index in [0.29, 0.717) is 6.42 Å². The lowest BCUT2D eigenvalue weighted by molar-refractivity contribution is 0.101. The molecule has 2 atom stereocenters. The molecule has 2 N–H and O–H groups in total. The quantitative estimate of drug-likeness (QED) is 0.711. The molecule has 0 heterocycles. The molecule has 0 aromatic heterocycles. The van der Waals surface area contributed by atoms with Gasteiger partial charge in [0, 0.05) is 0 Å². The molecule has 28 heavy (non-hydrogen) atoms. The van der Waals surface area contributed by atoms with Gasteiger partial charge in [-0.3, -0.25) is 0 Å². The van der Waals surface area contributed by atoms with Crippen LogP contribution in [0.15, 0.2) is 77.7 Å². The van der Waals surface area contributed by atoms with Crippen molar-refractivity contribution in [3.05, 3.63) is 101 Å². The van der Waals surface area contributed by atoms with Crippen LogP contribution in [0.1, 0.15) is 40.8 Å². The molecular formula is C23H23NO3S. The van der Waals surface area contributed by atoms with Crippen LogP contribution in [0.2, 0.25) is 0 Å². The van der Waals surface area contributed by atoms with E-state index in [-0.39, 0.29) is 4.90 Å². The van der Waals surface area contributed by atoms with Crippen LogP contribution < -0.4 is 4.72 Å². The first kappa shape index (κ1) is 18.9. The first-order valence-electron chi connectivity index (χ1n) is 9.28. The van der Waals surface area contributed by atoms with Crippen molar-refractivity contribution in [2.45, 2.75) is 36.8 Å². The summed E-state index contributed by atoms with van der Waals surface area (Å²) in [7, 11) is -3.71. The smallest absolute Gasteiger partial charge is 0.241 e. The monoisotopic (exact) mass is 393 g/mol. The average Bonchev–Trinajstić information content (AvgIpc) is 2.76. The first-order valence-corrected chi connectivity index (χ1v) is 10.8. The minimum Gasteiger partial charge on any atom is -0.381 e. The van der Waals surface area contributed by atoms with Gasteiger partial charge in [-0.25, -0.2) is 13.1 Å². The minimum atomic E-state index is -3.71. The second-order valence-corrected chi connectivity index (χ2v) is 9.22. The molecule has 0 spiro atoms. The normalized spacial score (nSPS) is 21.5. The third-order valence-corrected chi connectivity index (χ3v) is 6.94. The Bertz CT molecular complexity index is 1120. The summed E-state index contributed by atoms with van der Waals surface area (Å²) >= 11 is 0. The van der Waals surface area contributed by atoms with Crippen molar-refractivity contribution >= 4 is 10.0 Å². The van der Waals surface area contributed by atoms with Gasteiger partial charge in [-0.15, -0.1) is 0 Å². The van der Waals surface area contributed by atoms with Gasteiger partial charge in [0.1, 0.15) is 5.60 Å². The number of aliphatic hydroxyl groups is 1. The summed E-state index contributed by atoms with van der Waals surface area (Å²) in [5.74, 6) is 0. The molecule has 0 radical (unpaired) electrons. The zero-order valence-electron chi connectivity index (χ0n) is 15.9. The zero-order valence-corrected chi connectivity index (χ0v) is 16.7. The van der Waals surface area contributed by atoms with Gasteiger partial charge in [0.2, 0.25) is 10.0 Å². The van der Waals surface area contributed by atoms with Crippen molar-refractivity contribution in [1.29, 1.82) is 0 Å². The molecule has 0 fully saturated rings. The Hall–Kier alpha value is -2.47. The number of benzene rings is 3. The fraction of sp³-hybridized carbons (Fsp3) is 0.217. The van der Waals surface area contributed by atoms with Crippen LogP contribution in [0.4, 0.5) is 0 Å². The molecule has 3 aromatic carbocycles. The molecule has 0 amide bonds. The van der Waals surface area contributed by atoms with E-state index < -0.39 is 21.7 Å². The van der Waals surface area contributed by atoms with Crippen LogP contribution >= 0.6 is 0 Å². The Morgan fingerprint density at radius 3 is 2.25 bits per heavy atom. The largest absolute Gasteiger partial charge is 0.381 e. The summed E-state index contributed by atoms with van der Waals surface area (Å²) < 4.78 is 28.9. The molecule has 3 aromatic rings. The van der Waals surface area contributed by atoms with Gasteiger partial charge in [0.05, 0.1) is 10.9 Å². The standard InChI is InChI=1S/C23H23NO3S/c1-16-11-13-18(14-12-16)28(26,27)24-22-15-17-7-3-5-9-20(17)23(2,25)21-10-6-4-8-19(21)22/h3-14,22,24-25H,15H2,1-2H3. The maximum atomic E-state index is 13.0. The third-order valence-electron chi connectivity index (χ3n) is 5.46. The molecule has 0 bridgehead atoms. The van der Waals surface area contributed by atoms with E-state index in [0.717, 1.165) is 27.8 Å². The van der Waals surface area contributed by atoms with Crippen molar-refractivity contribution in [3.63, 3.8) is 0 Å². The fourth-order valence-electron chi connectivity index (χ4n) is 3.97. The average molecular weight is 394 g/mol. The van der Waals surface area contributed by atoms with E-state index in [4.69, 9.17) is 0 Å². The Morgan fingerprint density at radius 1 is 0.929 bits per heavy atom. The molecule has 2 unspecified atom stereocenters. The predicted molar refractivity (Wildman–Crippen MR) is 110 cm³/mol. The lowest BCUT2D eigenvalue weighted by Gasteiger charge is -2.27.